The Kier molecular flexibility index (Phi) is 5.63. The average Bonchev–Trinajstić information content (AvgIpc) is 3.29. The number of urea groups is 1. The van der Waals surface area contributed by atoms with Crippen molar-refractivity contribution in [3.63, 3.8) is 0 Å². The Hall–Kier alpha value is -3.59. The highest BCUT2D eigenvalue weighted by atomic mass is 16.5. The minimum absolute atomic E-state index is 0.160. The smallest absolute Gasteiger partial charge is 0.323 e. The standard InChI is InChI=1S/C24H28N6O3/c1-30-17-7-8-18(30)11-16(10-17)25-23(31)22-20-13-15(6-9-21(20)28-29-22)27-24(32)26-14-4-3-5-19(12-14)33-2/h3-6,9,12-13,16-18H,7-8,10-11H2,1-2H3,(H,25,31)(H,28,29)(H2,26,27,32). The normalized spacial score (nSPS) is 22.2. The highest BCUT2D eigenvalue weighted by molar-refractivity contribution is 6.07. The maximum absolute atomic E-state index is 13.0. The SMILES string of the molecule is COc1cccc(NC(=O)Nc2ccc3[nH]nc(C(=O)NC4CC5CCC(C4)N5C)c3c2)c1. The summed E-state index contributed by atoms with van der Waals surface area (Å²) in [4.78, 5) is 27.9. The van der Waals surface area contributed by atoms with Crippen molar-refractivity contribution in [2.45, 2.75) is 43.8 Å². The molecule has 0 saturated carbocycles. The maximum atomic E-state index is 13.0. The minimum Gasteiger partial charge on any atom is -0.497 e. The summed E-state index contributed by atoms with van der Waals surface area (Å²) in [5, 5.41) is 16.6. The van der Waals surface area contributed by atoms with Gasteiger partial charge in [0.2, 0.25) is 0 Å². The molecule has 172 valence electrons. The number of ether oxygens (including phenoxy) is 1. The zero-order valence-corrected chi connectivity index (χ0v) is 18.7. The molecular weight excluding hydrogens is 420 g/mol. The summed E-state index contributed by atoms with van der Waals surface area (Å²) in [6.45, 7) is 0. The number of anilines is 2. The molecule has 3 amide bonds. The number of rotatable bonds is 5. The van der Waals surface area contributed by atoms with Gasteiger partial charge in [0.1, 0.15) is 5.75 Å². The van der Waals surface area contributed by atoms with Crippen molar-refractivity contribution in [2.24, 2.45) is 0 Å². The van der Waals surface area contributed by atoms with Gasteiger partial charge in [-0.15, -0.1) is 0 Å². The first-order chi connectivity index (χ1) is 16.0. The molecule has 2 aromatic carbocycles. The molecule has 2 saturated heterocycles. The first kappa shape index (κ1) is 21.3. The molecule has 33 heavy (non-hydrogen) atoms. The van der Waals surface area contributed by atoms with E-state index in [0.717, 1.165) is 18.4 Å². The van der Waals surface area contributed by atoms with Gasteiger partial charge < -0.3 is 25.6 Å². The number of fused-ring (bicyclic) bond motifs is 3. The van der Waals surface area contributed by atoms with E-state index in [1.165, 1.54) is 12.8 Å². The van der Waals surface area contributed by atoms with Crippen molar-refractivity contribution in [3.8, 4) is 5.75 Å². The topological polar surface area (TPSA) is 111 Å². The fourth-order valence-corrected chi connectivity index (χ4v) is 5.04. The van der Waals surface area contributed by atoms with Crippen LogP contribution in [-0.2, 0) is 0 Å². The van der Waals surface area contributed by atoms with E-state index in [4.69, 9.17) is 4.74 Å². The summed E-state index contributed by atoms with van der Waals surface area (Å²) in [5.74, 6) is 0.467. The Morgan fingerprint density at radius 1 is 1.06 bits per heavy atom. The van der Waals surface area contributed by atoms with Gasteiger partial charge in [-0.2, -0.15) is 5.10 Å². The van der Waals surface area contributed by atoms with Crippen LogP contribution >= 0.6 is 0 Å². The minimum atomic E-state index is -0.390. The third-order valence-electron chi connectivity index (χ3n) is 6.80. The predicted octanol–water partition coefficient (Wildman–Crippen LogP) is 3.57. The first-order valence-electron chi connectivity index (χ1n) is 11.2. The Bertz CT molecular complexity index is 1180. The molecule has 5 rings (SSSR count). The molecule has 2 atom stereocenters. The van der Waals surface area contributed by atoms with E-state index in [0.29, 0.717) is 40.3 Å². The van der Waals surface area contributed by atoms with Crippen molar-refractivity contribution in [3.05, 3.63) is 48.2 Å². The molecule has 9 heteroatoms. The number of piperidine rings is 1. The summed E-state index contributed by atoms with van der Waals surface area (Å²) in [6, 6.07) is 13.3. The molecule has 2 aliphatic heterocycles. The lowest BCUT2D eigenvalue weighted by atomic mass is 9.98. The van der Waals surface area contributed by atoms with Gasteiger partial charge in [-0.25, -0.2) is 4.79 Å². The van der Waals surface area contributed by atoms with E-state index in [9.17, 15) is 9.59 Å². The number of amides is 3. The van der Waals surface area contributed by atoms with Crippen LogP contribution in [0.4, 0.5) is 16.2 Å². The highest BCUT2D eigenvalue weighted by Crippen LogP contribution is 2.34. The molecule has 1 aromatic heterocycles. The number of benzene rings is 2. The Morgan fingerprint density at radius 3 is 2.52 bits per heavy atom. The summed E-state index contributed by atoms with van der Waals surface area (Å²) in [5.41, 5.74) is 2.26. The number of nitrogens with zero attached hydrogens (tertiary/aromatic N) is 2. The van der Waals surface area contributed by atoms with Crippen molar-refractivity contribution >= 4 is 34.2 Å². The molecule has 3 aromatic rings. The summed E-state index contributed by atoms with van der Waals surface area (Å²) in [7, 11) is 3.75. The van der Waals surface area contributed by atoms with Gasteiger partial charge in [0.25, 0.3) is 5.91 Å². The van der Waals surface area contributed by atoms with Gasteiger partial charge in [-0.05, 0) is 63.1 Å². The third kappa shape index (κ3) is 4.36. The number of H-pyrrole nitrogens is 1. The van der Waals surface area contributed by atoms with Crippen LogP contribution in [-0.4, -0.2) is 59.3 Å². The highest BCUT2D eigenvalue weighted by Gasteiger charge is 2.39. The molecule has 2 bridgehead atoms. The van der Waals surface area contributed by atoms with Crippen molar-refractivity contribution < 1.29 is 14.3 Å². The van der Waals surface area contributed by atoms with Crippen molar-refractivity contribution in [1.82, 2.24) is 20.4 Å². The lowest BCUT2D eigenvalue weighted by molar-refractivity contribution is 0.0879. The van der Waals surface area contributed by atoms with E-state index in [2.05, 4.69) is 38.1 Å². The second-order valence-corrected chi connectivity index (χ2v) is 8.84. The van der Waals surface area contributed by atoms with E-state index in [1.807, 2.05) is 0 Å². The van der Waals surface area contributed by atoms with E-state index in [1.54, 1.807) is 49.6 Å². The number of aromatic nitrogens is 2. The number of carbonyl (C=O) groups excluding carboxylic acids is 2. The third-order valence-corrected chi connectivity index (χ3v) is 6.80. The van der Waals surface area contributed by atoms with Crippen LogP contribution in [0.25, 0.3) is 10.9 Å². The number of aromatic amines is 1. The molecule has 9 nitrogen and oxygen atoms in total. The van der Waals surface area contributed by atoms with Gasteiger partial charge in [0.05, 0.1) is 12.6 Å². The van der Waals surface area contributed by atoms with E-state index < -0.39 is 0 Å². The van der Waals surface area contributed by atoms with E-state index in [-0.39, 0.29) is 18.0 Å². The van der Waals surface area contributed by atoms with Crippen LogP contribution < -0.4 is 20.7 Å². The Labute approximate surface area is 191 Å². The average molecular weight is 449 g/mol. The second kappa shape index (κ2) is 8.74. The van der Waals surface area contributed by atoms with Crippen molar-refractivity contribution in [1.29, 1.82) is 0 Å². The number of hydrogen-bond donors (Lipinski definition) is 4. The summed E-state index contributed by atoms with van der Waals surface area (Å²) < 4.78 is 5.18. The molecular formula is C24H28N6O3. The molecule has 0 radical (unpaired) electrons. The first-order valence-corrected chi connectivity index (χ1v) is 11.2. The number of methoxy groups -OCH3 is 1. The molecule has 2 aliphatic rings. The molecule has 0 spiro atoms. The van der Waals surface area contributed by atoms with Gasteiger partial charge in [0.15, 0.2) is 5.69 Å². The molecule has 4 N–H and O–H groups in total. The zero-order valence-electron chi connectivity index (χ0n) is 18.7. The molecule has 2 unspecified atom stereocenters. The summed E-state index contributed by atoms with van der Waals surface area (Å²) >= 11 is 0. The molecule has 3 heterocycles. The second-order valence-electron chi connectivity index (χ2n) is 8.84. The Balaban J connectivity index is 1.27. The summed E-state index contributed by atoms with van der Waals surface area (Å²) in [6.07, 6.45) is 4.34. The fourth-order valence-electron chi connectivity index (χ4n) is 5.04. The molecule has 0 aliphatic carbocycles. The number of hydrogen-bond acceptors (Lipinski definition) is 5. The van der Waals surface area contributed by atoms with Gasteiger partial charge in [0, 0.05) is 41.0 Å². The van der Waals surface area contributed by atoms with Crippen LogP contribution in [0.3, 0.4) is 0 Å². The van der Waals surface area contributed by atoms with Crippen LogP contribution in [0.1, 0.15) is 36.2 Å². The Morgan fingerprint density at radius 2 is 1.79 bits per heavy atom. The van der Waals surface area contributed by atoms with E-state index >= 15 is 0 Å². The van der Waals surface area contributed by atoms with Gasteiger partial charge in [-0.1, -0.05) is 6.07 Å². The number of nitrogens with one attached hydrogen (secondary N) is 4. The predicted molar refractivity (Wildman–Crippen MR) is 127 cm³/mol. The van der Waals surface area contributed by atoms with Gasteiger partial charge >= 0.3 is 6.03 Å². The lowest BCUT2D eigenvalue weighted by Crippen LogP contribution is -2.48. The maximum Gasteiger partial charge on any atom is 0.323 e. The van der Waals surface area contributed by atoms with Crippen molar-refractivity contribution in [2.75, 3.05) is 24.8 Å². The monoisotopic (exact) mass is 448 g/mol. The van der Waals surface area contributed by atoms with Gasteiger partial charge in [-0.3, -0.25) is 9.89 Å². The van der Waals surface area contributed by atoms with Crippen LogP contribution in [0.15, 0.2) is 42.5 Å². The zero-order chi connectivity index (χ0) is 22.9. The fraction of sp³-hybridized carbons (Fsp3) is 0.375. The quantitative estimate of drug-likeness (QED) is 0.477. The molecule has 2 fully saturated rings. The van der Waals surface area contributed by atoms with Crippen LogP contribution in [0.2, 0.25) is 0 Å². The van der Waals surface area contributed by atoms with Crippen LogP contribution in [0, 0.1) is 0 Å². The largest absolute Gasteiger partial charge is 0.497 e. The lowest BCUT2D eigenvalue weighted by Gasteiger charge is -2.36. The van der Waals surface area contributed by atoms with Crippen LogP contribution in [0.5, 0.6) is 5.75 Å². The number of carbonyl (C=O) groups is 2.